The molecule has 2 aromatic rings. The van der Waals surface area contributed by atoms with E-state index in [0.717, 1.165) is 10.7 Å². The van der Waals surface area contributed by atoms with E-state index < -0.39 is 42.2 Å². The van der Waals surface area contributed by atoms with Gasteiger partial charge in [-0.2, -0.15) is 5.10 Å². The number of urea groups is 1. The van der Waals surface area contributed by atoms with Crippen molar-refractivity contribution in [3.8, 4) is 11.3 Å². The van der Waals surface area contributed by atoms with Crippen LogP contribution in [0.25, 0.3) is 11.3 Å². The van der Waals surface area contributed by atoms with Gasteiger partial charge in [-0.05, 0) is 39.0 Å². The van der Waals surface area contributed by atoms with Crippen LogP contribution in [0.3, 0.4) is 0 Å². The highest BCUT2D eigenvalue weighted by Gasteiger charge is 2.45. The highest BCUT2D eigenvalue weighted by molar-refractivity contribution is 6.31. The van der Waals surface area contributed by atoms with E-state index >= 15 is 0 Å². The van der Waals surface area contributed by atoms with E-state index in [2.05, 4.69) is 10.4 Å². The van der Waals surface area contributed by atoms with Crippen molar-refractivity contribution in [2.45, 2.75) is 38.4 Å². The van der Waals surface area contributed by atoms with E-state index in [1.54, 1.807) is 20.8 Å². The van der Waals surface area contributed by atoms with E-state index in [1.807, 2.05) is 0 Å². The Kier molecular flexibility index (Phi) is 5.96. The molecule has 0 saturated carbocycles. The number of halogens is 4. The molecule has 3 N–H and O–H groups in total. The standard InChI is InChI=1S/C20H23ClF3N5O2/c1-19(2,3)26-18(31)28-7-14-15(17(25)30)16(11-4-5-13(24)12(21)6-11)27-29(14)20(8-22,9-23)10-28/h4-6H,7-10H2,1-3H3,(H2,25,30)(H,26,31). The summed E-state index contributed by atoms with van der Waals surface area (Å²) in [6.45, 7) is 2.48. The van der Waals surface area contributed by atoms with Crippen molar-refractivity contribution >= 4 is 23.5 Å². The third kappa shape index (κ3) is 4.21. The molecule has 0 saturated heterocycles. The van der Waals surface area contributed by atoms with Crippen LogP contribution >= 0.6 is 11.6 Å². The molecule has 1 aliphatic heterocycles. The van der Waals surface area contributed by atoms with Gasteiger partial charge < -0.3 is 16.0 Å². The van der Waals surface area contributed by atoms with Gasteiger partial charge in [0.25, 0.3) is 5.91 Å². The van der Waals surface area contributed by atoms with Crippen molar-refractivity contribution in [3.63, 3.8) is 0 Å². The van der Waals surface area contributed by atoms with Gasteiger partial charge in [0.1, 0.15) is 30.4 Å². The molecule has 1 aromatic carbocycles. The number of rotatable bonds is 4. The number of nitrogens with zero attached hydrogens (tertiary/aromatic N) is 3. The molecule has 3 rings (SSSR count). The molecule has 0 aliphatic carbocycles. The lowest BCUT2D eigenvalue weighted by Crippen LogP contribution is -2.59. The minimum Gasteiger partial charge on any atom is -0.365 e. The van der Waals surface area contributed by atoms with Crippen LogP contribution in [0.2, 0.25) is 5.02 Å². The summed E-state index contributed by atoms with van der Waals surface area (Å²) < 4.78 is 43.1. The summed E-state index contributed by atoms with van der Waals surface area (Å²) in [7, 11) is 0. The Morgan fingerprint density at radius 1 is 1.29 bits per heavy atom. The fraction of sp³-hybridized carbons (Fsp3) is 0.450. The van der Waals surface area contributed by atoms with Crippen molar-refractivity contribution < 1.29 is 22.8 Å². The smallest absolute Gasteiger partial charge is 0.318 e. The second-order valence-corrected chi connectivity index (χ2v) is 9.01. The van der Waals surface area contributed by atoms with Gasteiger partial charge in [0.05, 0.1) is 29.4 Å². The molecule has 0 bridgehead atoms. The SMILES string of the molecule is CC(C)(C)NC(=O)N1Cc2c(C(N)=O)c(-c3ccc(F)c(Cl)c3)nn2C(CF)(CF)C1. The number of amides is 3. The molecule has 0 spiro atoms. The lowest BCUT2D eigenvalue weighted by atomic mass is 9.97. The molecule has 31 heavy (non-hydrogen) atoms. The molecule has 1 aromatic heterocycles. The summed E-state index contributed by atoms with van der Waals surface area (Å²) in [5.41, 5.74) is 3.39. The van der Waals surface area contributed by atoms with Crippen LogP contribution in [0.4, 0.5) is 18.0 Å². The zero-order chi connectivity index (χ0) is 23.1. The van der Waals surface area contributed by atoms with Crippen molar-refractivity contribution in [3.05, 3.63) is 40.3 Å². The molecule has 168 valence electrons. The summed E-state index contributed by atoms with van der Waals surface area (Å²) in [6.07, 6.45) is 0. The number of nitrogens with one attached hydrogen (secondary N) is 1. The maximum atomic E-state index is 14.2. The molecule has 0 fully saturated rings. The number of hydrogen-bond donors (Lipinski definition) is 2. The van der Waals surface area contributed by atoms with Gasteiger partial charge in [0.15, 0.2) is 0 Å². The lowest BCUT2D eigenvalue weighted by Gasteiger charge is -2.41. The Balaban J connectivity index is 2.19. The number of alkyl halides is 2. The number of aromatic nitrogens is 2. The summed E-state index contributed by atoms with van der Waals surface area (Å²) in [5.74, 6) is -1.58. The van der Waals surface area contributed by atoms with E-state index in [0.29, 0.717) is 0 Å². The van der Waals surface area contributed by atoms with Crippen LogP contribution in [-0.2, 0) is 12.1 Å². The zero-order valence-corrected chi connectivity index (χ0v) is 18.1. The molecule has 0 unspecified atom stereocenters. The number of primary amides is 1. The molecule has 1 aliphatic rings. The molecular weight excluding hydrogens is 435 g/mol. The Hall–Kier alpha value is -2.75. The summed E-state index contributed by atoms with van der Waals surface area (Å²) in [5, 5.41) is 6.80. The first-order valence-corrected chi connectivity index (χ1v) is 9.87. The van der Waals surface area contributed by atoms with Crippen LogP contribution < -0.4 is 11.1 Å². The van der Waals surface area contributed by atoms with E-state index in [-0.39, 0.29) is 40.6 Å². The molecular formula is C20H23ClF3N5O2. The minimum atomic E-state index is -1.84. The fourth-order valence-electron chi connectivity index (χ4n) is 3.53. The van der Waals surface area contributed by atoms with Gasteiger partial charge in [0.2, 0.25) is 0 Å². The average Bonchev–Trinajstić information content (AvgIpc) is 3.08. The maximum Gasteiger partial charge on any atom is 0.318 e. The van der Waals surface area contributed by atoms with Crippen molar-refractivity contribution in [1.29, 1.82) is 0 Å². The van der Waals surface area contributed by atoms with Gasteiger partial charge in [0, 0.05) is 11.1 Å². The highest BCUT2D eigenvalue weighted by atomic mass is 35.5. The predicted molar refractivity (Wildman–Crippen MR) is 110 cm³/mol. The first-order valence-electron chi connectivity index (χ1n) is 9.49. The van der Waals surface area contributed by atoms with Crippen LogP contribution in [-0.4, -0.2) is 52.1 Å². The van der Waals surface area contributed by atoms with Gasteiger partial charge in [-0.25, -0.2) is 18.0 Å². The lowest BCUT2D eigenvalue weighted by molar-refractivity contribution is 0.0618. The third-order valence-corrected chi connectivity index (χ3v) is 5.25. The van der Waals surface area contributed by atoms with Crippen molar-refractivity contribution in [2.24, 2.45) is 5.73 Å². The van der Waals surface area contributed by atoms with E-state index in [1.165, 1.54) is 17.0 Å². The van der Waals surface area contributed by atoms with E-state index in [4.69, 9.17) is 17.3 Å². The maximum absolute atomic E-state index is 14.2. The molecule has 3 amide bonds. The van der Waals surface area contributed by atoms with Crippen LogP contribution in [0.5, 0.6) is 0 Å². The van der Waals surface area contributed by atoms with Gasteiger partial charge in [-0.15, -0.1) is 0 Å². The van der Waals surface area contributed by atoms with Crippen LogP contribution in [0.1, 0.15) is 36.8 Å². The topological polar surface area (TPSA) is 93.2 Å². The number of nitrogens with two attached hydrogens (primary N) is 1. The monoisotopic (exact) mass is 457 g/mol. The van der Waals surface area contributed by atoms with Crippen LogP contribution in [0, 0.1) is 5.82 Å². The molecule has 0 radical (unpaired) electrons. The zero-order valence-electron chi connectivity index (χ0n) is 17.3. The van der Waals surface area contributed by atoms with E-state index in [9.17, 15) is 22.8 Å². The third-order valence-electron chi connectivity index (χ3n) is 4.96. The van der Waals surface area contributed by atoms with Crippen molar-refractivity contribution in [2.75, 3.05) is 19.9 Å². The fourth-order valence-corrected chi connectivity index (χ4v) is 3.71. The minimum absolute atomic E-state index is 0.00811. The number of hydrogen-bond acceptors (Lipinski definition) is 3. The van der Waals surface area contributed by atoms with Gasteiger partial charge in [-0.3, -0.25) is 9.48 Å². The number of carbonyl (C=O) groups excluding carboxylic acids is 2. The summed E-state index contributed by atoms with van der Waals surface area (Å²) >= 11 is 5.85. The highest BCUT2D eigenvalue weighted by Crippen LogP contribution is 2.36. The Bertz CT molecular complexity index is 1030. The number of carbonyl (C=O) groups is 2. The number of benzene rings is 1. The summed E-state index contributed by atoms with van der Waals surface area (Å²) in [6, 6.07) is 3.11. The molecule has 11 heteroatoms. The Labute approximate surface area is 182 Å². The summed E-state index contributed by atoms with van der Waals surface area (Å²) in [4.78, 5) is 26.3. The van der Waals surface area contributed by atoms with Gasteiger partial charge >= 0.3 is 6.03 Å². The van der Waals surface area contributed by atoms with Gasteiger partial charge in [-0.1, -0.05) is 11.6 Å². The Morgan fingerprint density at radius 2 is 1.94 bits per heavy atom. The molecule has 7 nitrogen and oxygen atoms in total. The van der Waals surface area contributed by atoms with Crippen molar-refractivity contribution in [1.82, 2.24) is 20.0 Å². The normalized spacial score (nSPS) is 15.5. The second kappa shape index (κ2) is 8.07. The predicted octanol–water partition coefficient (Wildman–Crippen LogP) is 3.40. The molecule has 0 atom stereocenters. The number of fused-ring (bicyclic) bond motifs is 1. The molecule has 2 heterocycles. The first-order chi connectivity index (χ1) is 14.4. The average molecular weight is 458 g/mol. The van der Waals surface area contributed by atoms with Crippen LogP contribution in [0.15, 0.2) is 18.2 Å². The Morgan fingerprint density at radius 3 is 2.45 bits per heavy atom. The quantitative estimate of drug-likeness (QED) is 0.736. The first kappa shape index (κ1) is 22.9. The second-order valence-electron chi connectivity index (χ2n) is 8.60. The largest absolute Gasteiger partial charge is 0.365 e.